The Morgan fingerprint density at radius 2 is 1.83 bits per heavy atom. The molecule has 4 aromatic rings. The summed E-state index contributed by atoms with van der Waals surface area (Å²) in [7, 11) is 1.64. The number of nitrogens with zero attached hydrogens (tertiary/aromatic N) is 2. The first kappa shape index (κ1) is 19.7. The number of carbonyl (C=O) groups is 1. The minimum Gasteiger partial charge on any atom is -0.497 e. The lowest BCUT2D eigenvalue weighted by Crippen LogP contribution is -2.22. The van der Waals surface area contributed by atoms with Crippen molar-refractivity contribution in [2.24, 2.45) is 0 Å². The number of hydrogen-bond donors (Lipinski definition) is 1. The standard InChI is InChI=1S/C25H25N3O2/c1-4-21(18-8-6-5-7-9-18)25(29)27-24-23(19-10-12-20(30-3)13-11-19)26-22-16-17(2)14-15-28(22)24/h5-16,21H,4H2,1-3H3,(H,27,29)/t21-/m0/s1. The van der Waals surface area contributed by atoms with Gasteiger partial charge in [0.25, 0.3) is 0 Å². The zero-order chi connectivity index (χ0) is 21.1. The lowest BCUT2D eigenvalue weighted by atomic mass is 9.95. The van der Waals surface area contributed by atoms with Crippen molar-refractivity contribution in [1.82, 2.24) is 9.38 Å². The van der Waals surface area contributed by atoms with Gasteiger partial charge in [-0.25, -0.2) is 4.98 Å². The summed E-state index contributed by atoms with van der Waals surface area (Å²) in [5.41, 5.74) is 4.57. The van der Waals surface area contributed by atoms with E-state index in [2.05, 4.69) is 5.32 Å². The molecule has 0 aliphatic rings. The van der Waals surface area contributed by atoms with Gasteiger partial charge in [-0.15, -0.1) is 0 Å². The second kappa shape index (κ2) is 8.41. The van der Waals surface area contributed by atoms with Gasteiger partial charge in [-0.05, 0) is 60.9 Å². The molecule has 30 heavy (non-hydrogen) atoms. The Hall–Kier alpha value is -3.60. The molecule has 5 nitrogen and oxygen atoms in total. The number of imidazole rings is 1. The third-order valence-electron chi connectivity index (χ3n) is 5.31. The molecule has 0 saturated carbocycles. The fourth-order valence-electron chi connectivity index (χ4n) is 3.68. The highest BCUT2D eigenvalue weighted by Crippen LogP contribution is 2.32. The summed E-state index contributed by atoms with van der Waals surface area (Å²) < 4.78 is 7.21. The second-order valence-corrected chi connectivity index (χ2v) is 7.33. The van der Waals surface area contributed by atoms with E-state index in [0.717, 1.165) is 33.8 Å². The van der Waals surface area contributed by atoms with E-state index in [9.17, 15) is 4.79 Å². The van der Waals surface area contributed by atoms with Crippen molar-refractivity contribution < 1.29 is 9.53 Å². The molecule has 1 atom stereocenters. The molecule has 0 unspecified atom stereocenters. The van der Waals surface area contributed by atoms with E-state index in [-0.39, 0.29) is 11.8 Å². The van der Waals surface area contributed by atoms with Crippen molar-refractivity contribution in [2.75, 3.05) is 12.4 Å². The zero-order valence-electron chi connectivity index (χ0n) is 17.4. The van der Waals surface area contributed by atoms with Crippen LogP contribution in [0.4, 0.5) is 5.82 Å². The Labute approximate surface area is 176 Å². The molecule has 0 aliphatic heterocycles. The van der Waals surface area contributed by atoms with Crippen LogP contribution in [-0.4, -0.2) is 22.4 Å². The number of rotatable bonds is 6. The van der Waals surface area contributed by atoms with Crippen molar-refractivity contribution in [3.63, 3.8) is 0 Å². The van der Waals surface area contributed by atoms with Crippen LogP contribution in [0.5, 0.6) is 5.75 Å². The van der Waals surface area contributed by atoms with Gasteiger partial charge in [0.2, 0.25) is 5.91 Å². The van der Waals surface area contributed by atoms with E-state index in [4.69, 9.17) is 9.72 Å². The summed E-state index contributed by atoms with van der Waals surface area (Å²) in [5, 5.41) is 3.16. The Morgan fingerprint density at radius 1 is 1.10 bits per heavy atom. The largest absolute Gasteiger partial charge is 0.497 e. The third kappa shape index (κ3) is 3.79. The smallest absolute Gasteiger partial charge is 0.233 e. The van der Waals surface area contributed by atoms with E-state index in [1.165, 1.54) is 0 Å². The number of ether oxygens (including phenoxy) is 1. The zero-order valence-corrected chi connectivity index (χ0v) is 17.4. The normalized spacial score (nSPS) is 12.0. The number of aryl methyl sites for hydroxylation is 1. The van der Waals surface area contributed by atoms with Crippen LogP contribution in [0.15, 0.2) is 72.9 Å². The monoisotopic (exact) mass is 399 g/mol. The number of aromatic nitrogens is 2. The van der Waals surface area contributed by atoms with Gasteiger partial charge in [-0.1, -0.05) is 37.3 Å². The molecule has 2 heterocycles. The van der Waals surface area contributed by atoms with E-state index in [1.54, 1.807) is 7.11 Å². The van der Waals surface area contributed by atoms with Crippen molar-refractivity contribution in [3.05, 3.63) is 84.1 Å². The molecule has 4 rings (SSSR count). The number of benzene rings is 2. The Kier molecular flexibility index (Phi) is 5.53. The molecular formula is C25H25N3O2. The van der Waals surface area contributed by atoms with Crippen molar-refractivity contribution in [2.45, 2.75) is 26.2 Å². The van der Waals surface area contributed by atoms with Crippen LogP contribution < -0.4 is 10.1 Å². The number of methoxy groups -OCH3 is 1. The maximum absolute atomic E-state index is 13.3. The van der Waals surface area contributed by atoms with Crippen molar-refractivity contribution >= 4 is 17.4 Å². The van der Waals surface area contributed by atoms with Crippen LogP contribution >= 0.6 is 0 Å². The van der Waals surface area contributed by atoms with Crippen LogP contribution in [-0.2, 0) is 4.79 Å². The van der Waals surface area contributed by atoms with Gasteiger partial charge in [0, 0.05) is 11.8 Å². The summed E-state index contributed by atoms with van der Waals surface area (Å²) in [4.78, 5) is 18.1. The Balaban J connectivity index is 1.77. The third-order valence-corrected chi connectivity index (χ3v) is 5.31. The fourth-order valence-corrected chi connectivity index (χ4v) is 3.68. The average Bonchev–Trinajstić information content (AvgIpc) is 3.12. The van der Waals surface area contributed by atoms with Crippen molar-refractivity contribution in [3.8, 4) is 17.0 Å². The predicted octanol–water partition coefficient (Wildman–Crippen LogP) is 5.45. The molecule has 5 heteroatoms. The molecule has 1 N–H and O–H groups in total. The minimum atomic E-state index is -0.231. The van der Waals surface area contributed by atoms with Gasteiger partial charge >= 0.3 is 0 Å². The molecule has 0 saturated heterocycles. The predicted molar refractivity (Wildman–Crippen MR) is 120 cm³/mol. The van der Waals surface area contributed by atoms with E-state index in [1.807, 2.05) is 91.2 Å². The summed E-state index contributed by atoms with van der Waals surface area (Å²) in [5.74, 6) is 1.18. The number of pyridine rings is 1. The summed E-state index contributed by atoms with van der Waals surface area (Å²) in [6, 6.07) is 21.6. The number of anilines is 1. The van der Waals surface area contributed by atoms with Crippen LogP contribution in [0.25, 0.3) is 16.9 Å². The molecule has 0 radical (unpaired) electrons. The van der Waals surface area contributed by atoms with Gasteiger partial charge in [0.05, 0.1) is 13.0 Å². The van der Waals surface area contributed by atoms with Crippen LogP contribution in [0, 0.1) is 6.92 Å². The highest BCUT2D eigenvalue weighted by atomic mass is 16.5. The number of nitrogens with one attached hydrogen (secondary N) is 1. The topological polar surface area (TPSA) is 55.6 Å². The number of fused-ring (bicyclic) bond motifs is 1. The molecular weight excluding hydrogens is 374 g/mol. The number of amides is 1. The number of carbonyl (C=O) groups excluding carboxylic acids is 1. The molecule has 152 valence electrons. The molecule has 0 spiro atoms. The summed E-state index contributed by atoms with van der Waals surface area (Å²) >= 11 is 0. The van der Waals surface area contributed by atoms with E-state index < -0.39 is 0 Å². The highest BCUT2D eigenvalue weighted by molar-refractivity contribution is 5.98. The van der Waals surface area contributed by atoms with Crippen molar-refractivity contribution in [1.29, 1.82) is 0 Å². The van der Waals surface area contributed by atoms with Crippen LogP contribution in [0.1, 0.15) is 30.4 Å². The van der Waals surface area contributed by atoms with Crippen LogP contribution in [0.2, 0.25) is 0 Å². The van der Waals surface area contributed by atoms with Gasteiger partial charge in [0.1, 0.15) is 22.9 Å². The summed E-state index contributed by atoms with van der Waals surface area (Å²) in [6.45, 7) is 4.06. The highest BCUT2D eigenvalue weighted by Gasteiger charge is 2.22. The molecule has 2 aromatic heterocycles. The first-order chi connectivity index (χ1) is 14.6. The molecule has 0 aliphatic carbocycles. The molecule has 2 aromatic carbocycles. The lowest BCUT2D eigenvalue weighted by molar-refractivity contribution is -0.117. The van der Waals surface area contributed by atoms with E-state index in [0.29, 0.717) is 12.2 Å². The maximum Gasteiger partial charge on any atom is 0.233 e. The molecule has 0 fully saturated rings. The fraction of sp³-hybridized carbons (Fsp3) is 0.200. The summed E-state index contributed by atoms with van der Waals surface area (Å²) in [6.07, 6.45) is 2.66. The van der Waals surface area contributed by atoms with Gasteiger partial charge in [-0.2, -0.15) is 0 Å². The average molecular weight is 399 g/mol. The molecule has 0 bridgehead atoms. The SMILES string of the molecule is CC[C@H](C(=O)Nc1c(-c2ccc(OC)cc2)nc2cc(C)ccn12)c1ccccc1. The lowest BCUT2D eigenvalue weighted by Gasteiger charge is -2.16. The Morgan fingerprint density at radius 3 is 2.50 bits per heavy atom. The van der Waals surface area contributed by atoms with E-state index >= 15 is 0 Å². The first-order valence-electron chi connectivity index (χ1n) is 10.1. The van der Waals surface area contributed by atoms with Gasteiger partial charge in [-0.3, -0.25) is 9.20 Å². The quantitative estimate of drug-likeness (QED) is 0.469. The maximum atomic E-state index is 13.3. The number of hydrogen-bond acceptors (Lipinski definition) is 3. The second-order valence-electron chi connectivity index (χ2n) is 7.33. The first-order valence-corrected chi connectivity index (χ1v) is 10.1. The minimum absolute atomic E-state index is 0.0409. The Bertz CT molecular complexity index is 1160. The van der Waals surface area contributed by atoms with Gasteiger partial charge in [0.15, 0.2) is 0 Å². The van der Waals surface area contributed by atoms with Gasteiger partial charge < -0.3 is 10.1 Å². The van der Waals surface area contributed by atoms with Crippen LogP contribution in [0.3, 0.4) is 0 Å². The molecule has 1 amide bonds.